The number of halogens is 1. The van der Waals surface area contributed by atoms with Crippen LogP contribution in [0.25, 0.3) is 11.0 Å². The zero-order valence-electron chi connectivity index (χ0n) is 18.6. The molecule has 0 bridgehead atoms. The van der Waals surface area contributed by atoms with Crippen LogP contribution in [-0.2, 0) is 6.42 Å². The summed E-state index contributed by atoms with van der Waals surface area (Å²) in [5, 5.41) is 0.431. The number of benzene rings is 3. The maximum absolute atomic E-state index is 13.7. The lowest BCUT2D eigenvalue weighted by molar-refractivity contribution is 0.0971. The van der Waals surface area contributed by atoms with Crippen LogP contribution in [0.2, 0.25) is 0 Å². The topological polar surface area (TPSA) is 59.8 Å². The van der Waals surface area contributed by atoms with Crippen LogP contribution in [0.3, 0.4) is 0 Å². The molecule has 1 unspecified atom stereocenters. The van der Waals surface area contributed by atoms with E-state index in [1.54, 1.807) is 29.2 Å². The Hall–Kier alpha value is -3.64. The molecule has 0 saturated carbocycles. The van der Waals surface area contributed by atoms with Crippen molar-refractivity contribution in [2.24, 2.45) is 0 Å². The average Bonchev–Trinajstić information content (AvgIpc) is 3.16. The monoisotopic (exact) mass is 515 g/mol. The van der Waals surface area contributed by atoms with E-state index in [0.29, 0.717) is 34.6 Å². The Morgan fingerprint density at radius 3 is 2.47 bits per heavy atom. The van der Waals surface area contributed by atoms with E-state index in [2.05, 4.69) is 29.4 Å². The molecule has 5 nitrogen and oxygen atoms in total. The van der Waals surface area contributed by atoms with E-state index < -0.39 is 6.04 Å². The van der Waals surface area contributed by atoms with Gasteiger partial charge in [-0.3, -0.25) is 14.5 Å². The van der Waals surface area contributed by atoms with Gasteiger partial charge in [0, 0.05) is 10.2 Å². The largest absolute Gasteiger partial charge is 0.490 e. The first-order valence-electron chi connectivity index (χ1n) is 11.0. The zero-order chi connectivity index (χ0) is 23.8. The fourth-order valence-electron chi connectivity index (χ4n) is 4.32. The van der Waals surface area contributed by atoms with Gasteiger partial charge in [-0.25, -0.2) is 0 Å². The summed E-state index contributed by atoms with van der Waals surface area (Å²) in [5.41, 5.74) is 3.17. The number of carbonyl (C=O) groups excluding carboxylic acids is 1. The standard InChI is InChI=1S/C28H22BrNO4/c1-3-15-33-21-12-7-18(8-13-21)25-24-26(31)22-16-19(29)9-14-23(22)34-27(24)28(32)30(25)20-10-5-17(4-2)6-11-20/h3,5-14,16,25H,1,4,15H2,2H3. The highest BCUT2D eigenvalue weighted by Crippen LogP contribution is 2.41. The van der Waals surface area contributed by atoms with Crippen molar-refractivity contribution in [1.29, 1.82) is 0 Å². The van der Waals surface area contributed by atoms with Gasteiger partial charge in [-0.15, -0.1) is 0 Å². The van der Waals surface area contributed by atoms with Crippen LogP contribution < -0.4 is 15.1 Å². The first-order valence-corrected chi connectivity index (χ1v) is 11.8. The fraction of sp³-hybridized carbons (Fsp3) is 0.143. The molecular weight excluding hydrogens is 494 g/mol. The third kappa shape index (κ3) is 3.74. The number of fused-ring (bicyclic) bond motifs is 2. The molecule has 0 fully saturated rings. The number of anilines is 1. The zero-order valence-corrected chi connectivity index (χ0v) is 20.2. The summed E-state index contributed by atoms with van der Waals surface area (Å²) in [6.07, 6.45) is 2.57. The molecule has 2 heterocycles. The van der Waals surface area contributed by atoms with Gasteiger partial charge in [0.2, 0.25) is 5.76 Å². The molecule has 1 atom stereocenters. The van der Waals surface area contributed by atoms with Crippen LogP contribution >= 0.6 is 15.9 Å². The molecule has 4 aromatic rings. The molecule has 6 heteroatoms. The van der Waals surface area contributed by atoms with E-state index in [4.69, 9.17) is 9.15 Å². The van der Waals surface area contributed by atoms with Crippen molar-refractivity contribution in [1.82, 2.24) is 0 Å². The SMILES string of the molecule is C=CCOc1ccc(C2c3c(oc4ccc(Br)cc4c3=O)C(=O)N2c2ccc(CC)cc2)cc1. The maximum atomic E-state index is 13.7. The Balaban J connectivity index is 1.71. The highest BCUT2D eigenvalue weighted by Gasteiger charge is 2.43. The van der Waals surface area contributed by atoms with Crippen molar-refractivity contribution in [3.8, 4) is 5.75 Å². The van der Waals surface area contributed by atoms with Gasteiger partial charge in [0.05, 0.1) is 17.0 Å². The third-order valence-electron chi connectivity index (χ3n) is 6.02. The van der Waals surface area contributed by atoms with Gasteiger partial charge in [0.15, 0.2) is 5.43 Å². The second-order valence-electron chi connectivity index (χ2n) is 8.08. The second-order valence-corrected chi connectivity index (χ2v) is 9.00. The molecular formula is C28H22BrNO4. The van der Waals surface area contributed by atoms with Crippen LogP contribution in [0.5, 0.6) is 5.75 Å². The van der Waals surface area contributed by atoms with Crippen molar-refractivity contribution in [2.45, 2.75) is 19.4 Å². The molecule has 0 N–H and O–H groups in total. The van der Waals surface area contributed by atoms with Crippen LogP contribution in [0, 0.1) is 0 Å². The summed E-state index contributed by atoms with van der Waals surface area (Å²) in [6, 6.07) is 19.8. The minimum atomic E-state index is -0.622. The maximum Gasteiger partial charge on any atom is 0.295 e. The predicted molar refractivity (Wildman–Crippen MR) is 137 cm³/mol. The number of ether oxygens (including phenoxy) is 1. The van der Waals surface area contributed by atoms with E-state index in [-0.39, 0.29) is 17.1 Å². The lowest BCUT2D eigenvalue weighted by atomic mass is 9.98. The smallest absolute Gasteiger partial charge is 0.295 e. The number of aryl methyl sites for hydroxylation is 1. The summed E-state index contributed by atoms with van der Waals surface area (Å²) >= 11 is 3.43. The molecule has 1 aliphatic rings. The van der Waals surface area contributed by atoms with Crippen molar-refractivity contribution in [2.75, 3.05) is 11.5 Å². The first-order chi connectivity index (χ1) is 16.5. The van der Waals surface area contributed by atoms with E-state index in [1.165, 1.54) is 0 Å². The van der Waals surface area contributed by atoms with E-state index >= 15 is 0 Å². The van der Waals surface area contributed by atoms with Gasteiger partial charge in [-0.1, -0.05) is 59.8 Å². The summed E-state index contributed by atoms with van der Waals surface area (Å²) in [5.74, 6) is 0.427. The molecule has 0 spiro atoms. The van der Waals surface area contributed by atoms with Crippen molar-refractivity contribution < 1.29 is 13.9 Å². The molecule has 170 valence electrons. The molecule has 0 aliphatic carbocycles. The lowest BCUT2D eigenvalue weighted by Crippen LogP contribution is -2.29. The van der Waals surface area contributed by atoms with Crippen LogP contribution in [0.15, 0.2) is 93.1 Å². The van der Waals surface area contributed by atoms with Gasteiger partial charge >= 0.3 is 0 Å². The Labute approximate surface area is 205 Å². The number of rotatable bonds is 6. The Bertz CT molecular complexity index is 1460. The van der Waals surface area contributed by atoms with Gasteiger partial charge in [0.25, 0.3) is 5.91 Å². The van der Waals surface area contributed by atoms with Gasteiger partial charge in [0.1, 0.15) is 17.9 Å². The normalized spacial score (nSPS) is 14.9. The Kier molecular flexibility index (Phi) is 5.84. The second kappa shape index (κ2) is 8.95. The molecule has 34 heavy (non-hydrogen) atoms. The first kappa shape index (κ1) is 22.2. The Morgan fingerprint density at radius 2 is 1.79 bits per heavy atom. The quantitative estimate of drug-likeness (QED) is 0.277. The number of nitrogens with zero attached hydrogens (tertiary/aromatic N) is 1. The van der Waals surface area contributed by atoms with Crippen LogP contribution in [-0.4, -0.2) is 12.5 Å². The molecule has 1 amide bonds. The summed E-state index contributed by atoms with van der Waals surface area (Å²) in [7, 11) is 0. The van der Waals surface area contributed by atoms with Crippen molar-refractivity contribution >= 4 is 38.5 Å². The molecule has 1 aromatic heterocycles. The van der Waals surface area contributed by atoms with Crippen molar-refractivity contribution in [3.05, 3.63) is 117 Å². The predicted octanol–water partition coefficient (Wildman–Crippen LogP) is 6.43. The average molecular weight is 516 g/mol. The number of carbonyl (C=O) groups is 1. The highest BCUT2D eigenvalue weighted by molar-refractivity contribution is 9.10. The van der Waals surface area contributed by atoms with Gasteiger partial charge in [-0.05, 0) is 60.0 Å². The number of amides is 1. The van der Waals surface area contributed by atoms with Gasteiger partial charge in [-0.2, -0.15) is 0 Å². The highest BCUT2D eigenvalue weighted by atomic mass is 79.9. The summed E-state index contributed by atoms with van der Waals surface area (Å²) < 4.78 is 12.4. The summed E-state index contributed by atoms with van der Waals surface area (Å²) in [6.45, 7) is 6.14. The third-order valence-corrected chi connectivity index (χ3v) is 6.51. The van der Waals surface area contributed by atoms with Gasteiger partial charge < -0.3 is 9.15 Å². The fourth-order valence-corrected chi connectivity index (χ4v) is 4.68. The number of hydrogen-bond acceptors (Lipinski definition) is 4. The molecule has 3 aromatic carbocycles. The molecule has 5 rings (SSSR count). The lowest BCUT2D eigenvalue weighted by Gasteiger charge is -2.25. The van der Waals surface area contributed by atoms with Crippen LogP contribution in [0.1, 0.15) is 40.2 Å². The minimum absolute atomic E-state index is 0.0800. The Morgan fingerprint density at radius 1 is 1.06 bits per heavy atom. The van der Waals surface area contributed by atoms with Crippen molar-refractivity contribution in [3.63, 3.8) is 0 Å². The van der Waals surface area contributed by atoms with Crippen LogP contribution in [0.4, 0.5) is 5.69 Å². The van der Waals surface area contributed by atoms with E-state index in [0.717, 1.165) is 22.0 Å². The summed E-state index contributed by atoms with van der Waals surface area (Å²) in [4.78, 5) is 29.0. The molecule has 0 radical (unpaired) electrons. The minimum Gasteiger partial charge on any atom is -0.490 e. The number of hydrogen-bond donors (Lipinski definition) is 0. The van der Waals surface area contributed by atoms with E-state index in [9.17, 15) is 9.59 Å². The molecule has 0 saturated heterocycles. The molecule has 1 aliphatic heterocycles. The van der Waals surface area contributed by atoms with E-state index in [1.807, 2.05) is 48.5 Å².